The third-order valence-electron chi connectivity index (χ3n) is 3.60. The molecule has 110 valence electrons. The van der Waals surface area contributed by atoms with Gasteiger partial charge in [-0.2, -0.15) is 0 Å². The van der Waals surface area contributed by atoms with Crippen molar-refractivity contribution in [3.63, 3.8) is 0 Å². The number of hydrogen-bond donors (Lipinski definition) is 2. The van der Waals surface area contributed by atoms with E-state index in [0.29, 0.717) is 12.4 Å². The molecule has 1 aliphatic rings. The van der Waals surface area contributed by atoms with Crippen molar-refractivity contribution in [2.75, 3.05) is 18.4 Å². The lowest BCUT2D eigenvalue weighted by Crippen LogP contribution is -2.29. The topological polar surface area (TPSA) is 67.2 Å². The number of oxazole rings is 1. The first kappa shape index (κ1) is 13.8. The van der Waals surface area contributed by atoms with Crippen LogP contribution in [0, 0.1) is 12.8 Å². The molecular weight excluding hydrogens is 266 g/mol. The Kier molecular flexibility index (Phi) is 4.01. The van der Waals surface area contributed by atoms with E-state index in [2.05, 4.69) is 15.6 Å². The van der Waals surface area contributed by atoms with E-state index >= 15 is 0 Å². The van der Waals surface area contributed by atoms with Crippen LogP contribution < -0.4 is 10.6 Å². The molecule has 2 N–H and O–H groups in total. The molecule has 0 radical (unpaired) electrons. The zero-order valence-electron chi connectivity index (χ0n) is 12.1. The highest BCUT2D eigenvalue weighted by Gasteiger charge is 2.20. The standard InChI is InChI=1S/C16H19N3O2/c1-11-2-5-13(8-14(11)16-18-6-7-21-16)19-15(20)10-17-9-12-3-4-12/h2,5-8,12,17H,3-4,9-10H2,1H3,(H,19,20). The third-order valence-corrected chi connectivity index (χ3v) is 3.60. The molecule has 1 fully saturated rings. The number of aryl methyl sites for hydroxylation is 1. The van der Waals surface area contributed by atoms with Crippen LogP contribution in [0.5, 0.6) is 0 Å². The van der Waals surface area contributed by atoms with Gasteiger partial charge in [-0.15, -0.1) is 0 Å². The number of carbonyl (C=O) groups excluding carboxylic acids is 1. The predicted octanol–water partition coefficient (Wildman–Crippen LogP) is 2.59. The second-order valence-electron chi connectivity index (χ2n) is 5.49. The van der Waals surface area contributed by atoms with Gasteiger partial charge in [0.05, 0.1) is 12.7 Å². The smallest absolute Gasteiger partial charge is 0.238 e. The Bertz CT molecular complexity index is 618. The zero-order chi connectivity index (χ0) is 14.7. The highest BCUT2D eigenvalue weighted by molar-refractivity contribution is 5.92. The first-order valence-electron chi connectivity index (χ1n) is 7.23. The van der Waals surface area contributed by atoms with E-state index in [1.807, 2.05) is 25.1 Å². The maximum absolute atomic E-state index is 11.9. The first-order valence-corrected chi connectivity index (χ1v) is 7.23. The summed E-state index contributed by atoms with van der Waals surface area (Å²) >= 11 is 0. The highest BCUT2D eigenvalue weighted by Crippen LogP contribution is 2.27. The summed E-state index contributed by atoms with van der Waals surface area (Å²) in [6.07, 6.45) is 5.72. The van der Waals surface area contributed by atoms with Gasteiger partial charge in [-0.25, -0.2) is 4.98 Å². The van der Waals surface area contributed by atoms with Crippen molar-refractivity contribution in [3.8, 4) is 11.5 Å². The van der Waals surface area contributed by atoms with Gasteiger partial charge in [0.25, 0.3) is 0 Å². The molecule has 1 saturated carbocycles. The minimum Gasteiger partial charge on any atom is -0.445 e. The van der Waals surface area contributed by atoms with Gasteiger partial charge in [0.2, 0.25) is 11.8 Å². The molecule has 2 aromatic rings. The minimum absolute atomic E-state index is 0.0298. The average Bonchev–Trinajstić information content (AvgIpc) is 3.13. The maximum atomic E-state index is 11.9. The van der Waals surface area contributed by atoms with Crippen LogP contribution in [0.1, 0.15) is 18.4 Å². The second kappa shape index (κ2) is 6.10. The molecule has 5 nitrogen and oxygen atoms in total. The van der Waals surface area contributed by atoms with E-state index in [9.17, 15) is 4.79 Å². The lowest BCUT2D eigenvalue weighted by molar-refractivity contribution is -0.115. The normalized spacial score (nSPS) is 14.1. The van der Waals surface area contributed by atoms with E-state index < -0.39 is 0 Å². The van der Waals surface area contributed by atoms with Crippen LogP contribution in [0.3, 0.4) is 0 Å². The Balaban J connectivity index is 1.62. The van der Waals surface area contributed by atoms with E-state index in [4.69, 9.17) is 4.42 Å². The molecule has 5 heteroatoms. The number of hydrogen-bond acceptors (Lipinski definition) is 4. The summed E-state index contributed by atoms with van der Waals surface area (Å²) in [5.41, 5.74) is 2.71. The van der Waals surface area contributed by atoms with Gasteiger partial charge in [-0.1, -0.05) is 6.07 Å². The molecule has 0 spiro atoms. The van der Waals surface area contributed by atoms with Gasteiger partial charge >= 0.3 is 0 Å². The number of rotatable bonds is 6. The van der Waals surface area contributed by atoms with Crippen molar-refractivity contribution in [1.29, 1.82) is 0 Å². The Hall–Kier alpha value is -2.14. The molecule has 21 heavy (non-hydrogen) atoms. The molecule has 0 saturated heterocycles. The fourth-order valence-electron chi connectivity index (χ4n) is 2.20. The molecule has 1 amide bonds. The summed E-state index contributed by atoms with van der Waals surface area (Å²) in [5.74, 6) is 1.31. The molecule has 0 bridgehead atoms. The summed E-state index contributed by atoms with van der Waals surface area (Å²) in [6.45, 7) is 3.27. The highest BCUT2D eigenvalue weighted by atomic mass is 16.3. The van der Waals surface area contributed by atoms with Crippen LogP contribution in [-0.4, -0.2) is 24.0 Å². The van der Waals surface area contributed by atoms with Crippen LogP contribution in [0.15, 0.2) is 35.1 Å². The molecular formula is C16H19N3O2. The lowest BCUT2D eigenvalue weighted by atomic mass is 10.1. The zero-order valence-corrected chi connectivity index (χ0v) is 12.1. The number of anilines is 1. The van der Waals surface area contributed by atoms with E-state index in [1.165, 1.54) is 12.8 Å². The van der Waals surface area contributed by atoms with Crippen LogP contribution in [0.25, 0.3) is 11.5 Å². The van der Waals surface area contributed by atoms with Gasteiger partial charge in [-0.05, 0) is 49.9 Å². The molecule has 0 aliphatic heterocycles. The quantitative estimate of drug-likeness (QED) is 0.856. The fourth-order valence-corrected chi connectivity index (χ4v) is 2.20. The molecule has 1 heterocycles. The number of aromatic nitrogens is 1. The van der Waals surface area contributed by atoms with Crippen molar-refractivity contribution in [2.24, 2.45) is 5.92 Å². The third kappa shape index (κ3) is 3.70. The summed E-state index contributed by atoms with van der Waals surface area (Å²) in [5, 5.41) is 6.07. The Morgan fingerprint density at radius 3 is 3.00 bits per heavy atom. The average molecular weight is 285 g/mol. The maximum Gasteiger partial charge on any atom is 0.238 e. The summed E-state index contributed by atoms with van der Waals surface area (Å²) in [6, 6.07) is 5.73. The van der Waals surface area contributed by atoms with Gasteiger partial charge in [-0.3, -0.25) is 4.79 Å². The van der Waals surface area contributed by atoms with E-state index in [-0.39, 0.29) is 5.91 Å². The Morgan fingerprint density at radius 2 is 2.29 bits per heavy atom. The van der Waals surface area contributed by atoms with E-state index in [0.717, 1.165) is 29.3 Å². The van der Waals surface area contributed by atoms with Crippen LogP contribution >= 0.6 is 0 Å². The predicted molar refractivity (Wildman–Crippen MR) is 80.9 cm³/mol. The van der Waals surface area contributed by atoms with Gasteiger partial charge in [0, 0.05) is 11.3 Å². The monoisotopic (exact) mass is 285 g/mol. The molecule has 3 rings (SSSR count). The molecule has 1 aromatic heterocycles. The van der Waals surface area contributed by atoms with Gasteiger partial charge in [0.15, 0.2) is 0 Å². The van der Waals surface area contributed by atoms with Crippen molar-refractivity contribution in [3.05, 3.63) is 36.2 Å². The Labute approximate surface area is 123 Å². The molecule has 0 atom stereocenters. The van der Waals surface area contributed by atoms with Crippen LogP contribution in [0.2, 0.25) is 0 Å². The van der Waals surface area contributed by atoms with Crippen molar-refractivity contribution >= 4 is 11.6 Å². The number of amides is 1. The largest absolute Gasteiger partial charge is 0.445 e. The first-order chi connectivity index (χ1) is 10.2. The van der Waals surface area contributed by atoms with Crippen molar-refractivity contribution in [2.45, 2.75) is 19.8 Å². The van der Waals surface area contributed by atoms with Crippen LogP contribution in [-0.2, 0) is 4.79 Å². The number of benzene rings is 1. The minimum atomic E-state index is -0.0298. The molecule has 0 unspecified atom stereocenters. The lowest BCUT2D eigenvalue weighted by Gasteiger charge is -2.09. The van der Waals surface area contributed by atoms with Gasteiger partial charge < -0.3 is 15.1 Å². The van der Waals surface area contributed by atoms with Crippen molar-refractivity contribution in [1.82, 2.24) is 10.3 Å². The number of nitrogens with one attached hydrogen (secondary N) is 2. The summed E-state index contributed by atoms with van der Waals surface area (Å²) in [4.78, 5) is 16.0. The van der Waals surface area contributed by atoms with Crippen molar-refractivity contribution < 1.29 is 9.21 Å². The molecule has 1 aliphatic carbocycles. The summed E-state index contributed by atoms with van der Waals surface area (Å²) in [7, 11) is 0. The molecule has 1 aromatic carbocycles. The summed E-state index contributed by atoms with van der Waals surface area (Å²) < 4.78 is 5.32. The van der Waals surface area contributed by atoms with Gasteiger partial charge in [0.1, 0.15) is 6.26 Å². The fraction of sp³-hybridized carbons (Fsp3) is 0.375. The SMILES string of the molecule is Cc1ccc(NC(=O)CNCC2CC2)cc1-c1ncco1. The van der Waals surface area contributed by atoms with Crippen LogP contribution in [0.4, 0.5) is 5.69 Å². The van der Waals surface area contributed by atoms with E-state index in [1.54, 1.807) is 12.5 Å². The Morgan fingerprint density at radius 1 is 1.43 bits per heavy atom. The second-order valence-corrected chi connectivity index (χ2v) is 5.49. The number of carbonyl (C=O) groups is 1. The number of nitrogens with zero attached hydrogens (tertiary/aromatic N) is 1.